The summed E-state index contributed by atoms with van der Waals surface area (Å²) in [6, 6.07) is 0. The first-order valence-corrected chi connectivity index (χ1v) is 3.61. The Bertz CT molecular complexity index is 117. The summed E-state index contributed by atoms with van der Waals surface area (Å²) in [4.78, 5) is 2.25. The number of hydrogen-bond donors (Lipinski definition) is 0. The van der Waals surface area contributed by atoms with Crippen molar-refractivity contribution in [2.75, 3.05) is 14.1 Å². The molecule has 0 heterocycles. The molecule has 0 atom stereocenters. The maximum Gasteiger partial charge on any atom is 0.165 e. The van der Waals surface area contributed by atoms with Gasteiger partial charge in [-0.3, -0.25) is 0 Å². The molecule has 54 valence electrons. The normalized spacial score (nSPS) is 11.2. The van der Waals surface area contributed by atoms with Gasteiger partial charge >= 0.3 is 0 Å². The van der Waals surface area contributed by atoms with E-state index in [0.29, 0.717) is 4.99 Å². The molecular weight excluding hydrogens is 177 g/mol. The van der Waals surface area contributed by atoms with Crippen molar-refractivity contribution in [3.63, 3.8) is 0 Å². The van der Waals surface area contributed by atoms with Crippen molar-refractivity contribution in [3.05, 3.63) is 0 Å². The van der Waals surface area contributed by atoms with Gasteiger partial charge in [-0.25, -0.2) is 0 Å². The summed E-state index contributed by atoms with van der Waals surface area (Å²) in [6.07, 6.45) is 0. The summed E-state index contributed by atoms with van der Waals surface area (Å²) in [6.45, 7) is 1.65. The Morgan fingerprint density at radius 1 is 1.44 bits per heavy atom. The molecule has 0 fully saturated rings. The van der Waals surface area contributed by atoms with E-state index in [4.69, 9.17) is 35.4 Å². The minimum atomic E-state index is -0.918. The summed E-state index contributed by atoms with van der Waals surface area (Å²) in [5.41, 5.74) is 0. The summed E-state index contributed by atoms with van der Waals surface area (Å²) in [5.74, 6) is 0. The van der Waals surface area contributed by atoms with Gasteiger partial charge in [-0.05, 0) is 6.92 Å². The highest BCUT2D eigenvalue weighted by atomic mass is 35.5. The zero-order valence-corrected chi connectivity index (χ0v) is 7.94. The monoisotopic (exact) mass is 185 g/mol. The van der Waals surface area contributed by atoms with Gasteiger partial charge in [0.2, 0.25) is 0 Å². The Kier molecular flexibility index (Phi) is 3.20. The lowest BCUT2D eigenvalue weighted by atomic mass is 10.4. The molecule has 0 aliphatic carbocycles. The van der Waals surface area contributed by atoms with E-state index in [0.717, 1.165) is 0 Å². The van der Waals surface area contributed by atoms with E-state index in [1.807, 2.05) is 14.1 Å². The highest BCUT2D eigenvalue weighted by Gasteiger charge is 2.23. The summed E-state index contributed by atoms with van der Waals surface area (Å²) < 4.78 is -0.918. The lowest BCUT2D eigenvalue weighted by Gasteiger charge is -2.21. The third kappa shape index (κ3) is 3.23. The van der Waals surface area contributed by atoms with Gasteiger partial charge in [-0.1, -0.05) is 35.4 Å². The highest BCUT2D eigenvalue weighted by molar-refractivity contribution is 7.80. The molecule has 0 spiro atoms. The van der Waals surface area contributed by atoms with Crippen molar-refractivity contribution in [1.29, 1.82) is 0 Å². The van der Waals surface area contributed by atoms with E-state index in [1.54, 1.807) is 11.8 Å². The van der Waals surface area contributed by atoms with Gasteiger partial charge in [0.05, 0.1) is 0 Å². The number of thiocarbonyl (C=S) groups is 1. The molecule has 0 bridgehead atoms. The van der Waals surface area contributed by atoms with Gasteiger partial charge < -0.3 is 4.90 Å². The van der Waals surface area contributed by atoms with Crippen LogP contribution in [0.5, 0.6) is 0 Å². The van der Waals surface area contributed by atoms with Gasteiger partial charge in [0.1, 0.15) is 4.99 Å². The largest absolute Gasteiger partial charge is 0.370 e. The molecule has 4 heteroatoms. The van der Waals surface area contributed by atoms with E-state index in [-0.39, 0.29) is 0 Å². The van der Waals surface area contributed by atoms with Crippen LogP contribution in [0.4, 0.5) is 0 Å². The number of nitrogens with zero attached hydrogens (tertiary/aromatic N) is 1. The number of hydrogen-bond acceptors (Lipinski definition) is 1. The molecule has 0 saturated carbocycles. The first-order chi connectivity index (χ1) is 3.85. The maximum absolute atomic E-state index is 5.66. The Hall–Kier alpha value is 0.470. The van der Waals surface area contributed by atoms with Gasteiger partial charge in [0.25, 0.3) is 0 Å². The predicted octanol–water partition coefficient (Wildman–Crippen LogP) is 2.07. The molecule has 0 amide bonds. The zero-order valence-electron chi connectivity index (χ0n) is 5.61. The Balaban J connectivity index is 4.06. The van der Waals surface area contributed by atoms with Crippen molar-refractivity contribution in [1.82, 2.24) is 4.90 Å². The van der Waals surface area contributed by atoms with E-state index >= 15 is 0 Å². The number of rotatable bonds is 1. The van der Waals surface area contributed by atoms with Crippen LogP contribution < -0.4 is 0 Å². The van der Waals surface area contributed by atoms with Crippen LogP contribution in [0.3, 0.4) is 0 Å². The van der Waals surface area contributed by atoms with Gasteiger partial charge in [-0.15, -0.1) is 0 Å². The van der Waals surface area contributed by atoms with Crippen molar-refractivity contribution < 1.29 is 0 Å². The average molecular weight is 186 g/mol. The lowest BCUT2D eigenvalue weighted by Crippen LogP contribution is -2.33. The van der Waals surface area contributed by atoms with Crippen molar-refractivity contribution in [2.45, 2.75) is 11.3 Å². The Morgan fingerprint density at radius 3 is 1.78 bits per heavy atom. The third-order valence-corrected chi connectivity index (χ3v) is 2.14. The Labute approximate surface area is 70.9 Å². The quantitative estimate of drug-likeness (QED) is 0.455. The number of halogens is 2. The fourth-order valence-electron chi connectivity index (χ4n) is 0.393. The van der Waals surface area contributed by atoms with Gasteiger partial charge in [-0.2, -0.15) is 0 Å². The first-order valence-electron chi connectivity index (χ1n) is 2.45. The predicted molar refractivity (Wildman–Crippen MR) is 46.4 cm³/mol. The Morgan fingerprint density at radius 2 is 1.78 bits per heavy atom. The van der Waals surface area contributed by atoms with Crippen LogP contribution in [-0.2, 0) is 0 Å². The molecule has 0 aromatic carbocycles. The standard InChI is InChI=1S/C5H9Cl2NS/c1-5(6,7)4(9)8(2)3/h1-3H3. The van der Waals surface area contributed by atoms with E-state index in [1.165, 1.54) is 0 Å². The van der Waals surface area contributed by atoms with Crippen molar-refractivity contribution in [2.24, 2.45) is 0 Å². The van der Waals surface area contributed by atoms with Crippen LogP contribution in [0.2, 0.25) is 0 Å². The second-order valence-corrected chi connectivity index (χ2v) is 4.18. The molecular formula is C5H9Cl2NS. The van der Waals surface area contributed by atoms with Crippen LogP contribution in [0.25, 0.3) is 0 Å². The van der Waals surface area contributed by atoms with Crippen LogP contribution in [0.1, 0.15) is 6.92 Å². The molecule has 0 radical (unpaired) electrons. The summed E-state index contributed by atoms with van der Waals surface area (Å²) >= 11 is 16.2. The highest BCUT2D eigenvalue weighted by Crippen LogP contribution is 2.22. The second kappa shape index (κ2) is 3.04. The van der Waals surface area contributed by atoms with Crippen molar-refractivity contribution >= 4 is 40.4 Å². The molecule has 0 aromatic rings. The van der Waals surface area contributed by atoms with Crippen molar-refractivity contribution in [3.8, 4) is 0 Å². The van der Waals surface area contributed by atoms with E-state index in [9.17, 15) is 0 Å². The number of alkyl halides is 2. The SMILES string of the molecule is CN(C)C(=S)C(C)(Cl)Cl. The topological polar surface area (TPSA) is 3.24 Å². The minimum absolute atomic E-state index is 0.533. The molecule has 0 rings (SSSR count). The molecule has 0 saturated heterocycles. The lowest BCUT2D eigenvalue weighted by molar-refractivity contribution is 0.617. The second-order valence-electron chi connectivity index (χ2n) is 2.09. The van der Waals surface area contributed by atoms with Crippen LogP contribution in [0, 0.1) is 0 Å². The minimum Gasteiger partial charge on any atom is -0.370 e. The average Bonchev–Trinajstić information content (AvgIpc) is 1.62. The van der Waals surface area contributed by atoms with E-state index in [2.05, 4.69) is 0 Å². The zero-order chi connectivity index (χ0) is 7.65. The summed E-state index contributed by atoms with van der Waals surface area (Å²) in [5, 5.41) is 0. The molecule has 9 heavy (non-hydrogen) atoms. The van der Waals surface area contributed by atoms with Gasteiger partial charge in [0.15, 0.2) is 4.33 Å². The van der Waals surface area contributed by atoms with E-state index < -0.39 is 4.33 Å². The molecule has 1 nitrogen and oxygen atoms in total. The smallest absolute Gasteiger partial charge is 0.165 e. The molecule has 0 aliphatic heterocycles. The molecule has 0 N–H and O–H groups in total. The first kappa shape index (κ1) is 9.47. The molecule has 0 unspecified atom stereocenters. The molecule has 0 aromatic heterocycles. The molecule has 0 aliphatic rings. The fraction of sp³-hybridized carbons (Fsp3) is 0.800. The van der Waals surface area contributed by atoms with Crippen LogP contribution in [0.15, 0.2) is 0 Å². The fourth-order valence-corrected chi connectivity index (χ4v) is 0.731. The summed E-state index contributed by atoms with van der Waals surface area (Å²) in [7, 11) is 3.62. The van der Waals surface area contributed by atoms with Crippen LogP contribution in [-0.4, -0.2) is 28.3 Å². The maximum atomic E-state index is 5.66. The van der Waals surface area contributed by atoms with Crippen LogP contribution >= 0.6 is 35.4 Å². The van der Waals surface area contributed by atoms with Gasteiger partial charge in [0, 0.05) is 14.1 Å². The third-order valence-electron chi connectivity index (χ3n) is 0.782.